The maximum atomic E-state index is 3.94. The van der Waals surface area contributed by atoms with Crippen LogP contribution in [0.3, 0.4) is 0 Å². The van der Waals surface area contributed by atoms with Gasteiger partial charge in [-0.1, -0.05) is 49.6 Å². The van der Waals surface area contributed by atoms with Crippen molar-refractivity contribution in [3.63, 3.8) is 0 Å². The maximum Gasteiger partial charge on any atom is 0.0478 e. The summed E-state index contributed by atoms with van der Waals surface area (Å²) in [5.74, 6) is 0. The van der Waals surface area contributed by atoms with Gasteiger partial charge in [0.1, 0.15) is 0 Å². The van der Waals surface area contributed by atoms with Gasteiger partial charge in [0.05, 0.1) is 0 Å². The third-order valence-corrected chi connectivity index (χ3v) is 5.38. The van der Waals surface area contributed by atoms with Crippen LogP contribution in [0.1, 0.15) is 64.5 Å². The molecule has 2 heteroatoms. The van der Waals surface area contributed by atoms with Crippen LogP contribution in [0.4, 0.5) is 0 Å². The van der Waals surface area contributed by atoms with Crippen molar-refractivity contribution in [3.8, 4) is 0 Å². The number of benzene rings is 1. The van der Waals surface area contributed by atoms with Gasteiger partial charge in [-0.05, 0) is 39.2 Å². The molecular weight excluding hydrogens is 256 g/mol. The van der Waals surface area contributed by atoms with Crippen LogP contribution >= 0.6 is 0 Å². The first kappa shape index (κ1) is 15.1. The number of hydrogen-bond donors (Lipinski definition) is 1. The highest BCUT2D eigenvalue weighted by Gasteiger charge is 2.43. The monoisotopic (exact) mass is 286 g/mol. The van der Waals surface area contributed by atoms with Crippen molar-refractivity contribution in [2.75, 3.05) is 13.1 Å². The van der Waals surface area contributed by atoms with E-state index in [9.17, 15) is 0 Å². The molecule has 1 saturated heterocycles. The first-order valence-electron chi connectivity index (χ1n) is 8.57. The fourth-order valence-corrected chi connectivity index (χ4v) is 4.16. The lowest BCUT2D eigenvalue weighted by molar-refractivity contribution is -0.00579. The molecule has 2 fully saturated rings. The maximum absolute atomic E-state index is 3.94. The summed E-state index contributed by atoms with van der Waals surface area (Å²) in [6.07, 6.45) is 6.89. The predicted octanol–water partition coefficient (Wildman–Crippen LogP) is 4.13. The van der Waals surface area contributed by atoms with Crippen molar-refractivity contribution in [3.05, 3.63) is 35.9 Å². The molecule has 116 valence electrons. The summed E-state index contributed by atoms with van der Waals surface area (Å²) in [4.78, 5) is 2.74. The van der Waals surface area contributed by atoms with Crippen LogP contribution in [0.25, 0.3) is 0 Å². The molecule has 0 amide bonds. The Morgan fingerprint density at radius 1 is 1.05 bits per heavy atom. The smallest absolute Gasteiger partial charge is 0.0478 e. The topological polar surface area (TPSA) is 15.3 Å². The van der Waals surface area contributed by atoms with Gasteiger partial charge in [-0.15, -0.1) is 0 Å². The van der Waals surface area contributed by atoms with Crippen molar-refractivity contribution in [1.82, 2.24) is 10.2 Å². The van der Waals surface area contributed by atoms with Crippen molar-refractivity contribution >= 4 is 0 Å². The van der Waals surface area contributed by atoms with Gasteiger partial charge >= 0.3 is 0 Å². The second kappa shape index (κ2) is 5.73. The third kappa shape index (κ3) is 3.17. The Labute approximate surface area is 129 Å². The van der Waals surface area contributed by atoms with Crippen LogP contribution in [-0.2, 0) is 0 Å². The number of nitrogens with zero attached hydrogens (tertiary/aromatic N) is 1. The lowest BCUT2D eigenvalue weighted by Gasteiger charge is -2.54. The summed E-state index contributed by atoms with van der Waals surface area (Å²) in [5.41, 5.74) is 2.04. The molecule has 1 aliphatic heterocycles. The van der Waals surface area contributed by atoms with E-state index in [0.717, 1.165) is 6.54 Å². The van der Waals surface area contributed by atoms with E-state index in [-0.39, 0.29) is 5.54 Å². The van der Waals surface area contributed by atoms with Crippen LogP contribution in [-0.4, -0.2) is 29.1 Å². The SMILES string of the molecule is CC(C)(C)N1CC2(CCCCC2)NCC1c1ccccc1. The molecule has 2 aliphatic rings. The van der Waals surface area contributed by atoms with Gasteiger partial charge in [-0.2, -0.15) is 0 Å². The first-order chi connectivity index (χ1) is 10.0. The molecule has 0 bridgehead atoms. The second-order valence-corrected chi connectivity index (χ2v) is 7.95. The van der Waals surface area contributed by atoms with Crippen LogP contribution in [0.5, 0.6) is 0 Å². The van der Waals surface area contributed by atoms with Crippen LogP contribution in [0, 0.1) is 0 Å². The van der Waals surface area contributed by atoms with Crippen LogP contribution in [0.2, 0.25) is 0 Å². The zero-order valence-corrected chi connectivity index (χ0v) is 13.9. The number of hydrogen-bond acceptors (Lipinski definition) is 2. The molecule has 1 aromatic carbocycles. The Balaban J connectivity index is 1.86. The van der Waals surface area contributed by atoms with E-state index in [1.807, 2.05) is 0 Å². The Morgan fingerprint density at radius 3 is 2.33 bits per heavy atom. The number of nitrogens with one attached hydrogen (secondary N) is 1. The molecule has 3 rings (SSSR count). The van der Waals surface area contributed by atoms with Crippen molar-refractivity contribution in [1.29, 1.82) is 0 Å². The Hall–Kier alpha value is -0.860. The molecule has 1 unspecified atom stereocenters. The van der Waals surface area contributed by atoms with E-state index in [1.54, 1.807) is 0 Å². The molecule has 0 aromatic heterocycles. The van der Waals surface area contributed by atoms with E-state index < -0.39 is 0 Å². The summed E-state index contributed by atoms with van der Waals surface area (Å²) in [7, 11) is 0. The van der Waals surface area contributed by atoms with Gasteiger partial charge < -0.3 is 5.32 Å². The fourth-order valence-electron chi connectivity index (χ4n) is 4.16. The fraction of sp³-hybridized carbons (Fsp3) is 0.684. The highest BCUT2D eigenvalue weighted by molar-refractivity contribution is 5.22. The quantitative estimate of drug-likeness (QED) is 0.835. The van der Waals surface area contributed by atoms with E-state index in [0.29, 0.717) is 11.6 Å². The molecular formula is C19H30N2. The minimum Gasteiger partial charge on any atom is -0.308 e. The minimum atomic E-state index is 0.215. The van der Waals surface area contributed by atoms with Gasteiger partial charge in [0.2, 0.25) is 0 Å². The zero-order valence-electron chi connectivity index (χ0n) is 13.9. The molecule has 1 N–H and O–H groups in total. The molecule has 1 aromatic rings. The van der Waals surface area contributed by atoms with Gasteiger partial charge in [-0.3, -0.25) is 4.90 Å². The molecule has 1 saturated carbocycles. The first-order valence-corrected chi connectivity index (χ1v) is 8.57. The molecule has 1 aliphatic carbocycles. The minimum absolute atomic E-state index is 0.215. The molecule has 21 heavy (non-hydrogen) atoms. The van der Waals surface area contributed by atoms with E-state index >= 15 is 0 Å². The van der Waals surface area contributed by atoms with Crippen molar-refractivity contribution < 1.29 is 0 Å². The second-order valence-electron chi connectivity index (χ2n) is 7.95. The zero-order chi connectivity index (χ0) is 14.9. The third-order valence-electron chi connectivity index (χ3n) is 5.38. The summed E-state index contributed by atoms with van der Waals surface area (Å²) in [5, 5.41) is 3.94. The standard InChI is InChI=1S/C19H30N2/c1-18(2,3)21-15-19(12-8-5-9-13-19)20-14-17(21)16-10-6-4-7-11-16/h4,6-7,10-11,17,20H,5,8-9,12-15H2,1-3H3. The Bertz CT molecular complexity index is 454. The van der Waals surface area contributed by atoms with E-state index in [1.165, 1.54) is 44.2 Å². The van der Waals surface area contributed by atoms with Crippen LogP contribution < -0.4 is 5.32 Å². The summed E-state index contributed by atoms with van der Waals surface area (Å²) in [6.45, 7) is 9.37. The van der Waals surface area contributed by atoms with Crippen molar-refractivity contribution in [2.24, 2.45) is 0 Å². The largest absolute Gasteiger partial charge is 0.308 e. The highest BCUT2D eigenvalue weighted by Crippen LogP contribution is 2.38. The van der Waals surface area contributed by atoms with Gasteiger partial charge in [0.15, 0.2) is 0 Å². The lowest BCUT2D eigenvalue weighted by atomic mass is 9.77. The number of piperazine rings is 1. The summed E-state index contributed by atoms with van der Waals surface area (Å²) in [6, 6.07) is 11.5. The normalized spacial score (nSPS) is 26.9. The van der Waals surface area contributed by atoms with Gasteiger partial charge in [0.25, 0.3) is 0 Å². The average molecular weight is 286 g/mol. The molecule has 1 atom stereocenters. The van der Waals surface area contributed by atoms with Crippen LogP contribution in [0.15, 0.2) is 30.3 Å². The molecule has 0 radical (unpaired) electrons. The lowest BCUT2D eigenvalue weighted by Crippen LogP contribution is -2.65. The predicted molar refractivity (Wildman–Crippen MR) is 89.5 cm³/mol. The summed E-state index contributed by atoms with van der Waals surface area (Å²) >= 11 is 0. The van der Waals surface area contributed by atoms with E-state index in [4.69, 9.17) is 0 Å². The molecule has 1 spiro atoms. The van der Waals surface area contributed by atoms with E-state index in [2.05, 4.69) is 61.3 Å². The Kier molecular flexibility index (Phi) is 4.11. The van der Waals surface area contributed by atoms with Gasteiger partial charge in [-0.25, -0.2) is 0 Å². The molecule has 1 heterocycles. The highest BCUT2D eigenvalue weighted by atomic mass is 15.3. The van der Waals surface area contributed by atoms with Gasteiger partial charge in [0, 0.05) is 30.2 Å². The summed E-state index contributed by atoms with van der Waals surface area (Å²) < 4.78 is 0. The number of rotatable bonds is 1. The Morgan fingerprint density at radius 2 is 1.71 bits per heavy atom. The average Bonchev–Trinajstić information content (AvgIpc) is 2.48. The molecule has 2 nitrogen and oxygen atoms in total. The van der Waals surface area contributed by atoms with Crippen molar-refractivity contribution in [2.45, 2.75) is 70.0 Å².